The van der Waals surface area contributed by atoms with E-state index in [-0.39, 0.29) is 0 Å². The first-order valence-corrected chi connectivity index (χ1v) is 7.91. The van der Waals surface area contributed by atoms with E-state index in [1.165, 1.54) is 19.0 Å². The quantitative estimate of drug-likeness (QED) is 0.622. The van der Waals surface area contributed by atoms with Crippen LogP contribution in [0, 0.1) is 5.92 Å². The first-order valence-electron chi connectivity index (χ1n) is 6.43. The van der Waals surface area contributed by atoms with Gasteiger partial charge in [0.05, 0.1) is 4.90 Å². The van der Waals surface area contributed by atoms with Crippen LogP contribution >= 0.6 is 0 Å². The first-order chi connectivity index (χ1) is 8.62. The zero-order chi connectivity index (χ0) is 13.0. The number of nitrogens with one attached hydrogen (secondary N) is 3. The minimum atomic E-state index is -3.34. The molecule has 3 N–H and O–H groups in total. The number of aromatic nitrogens is 1. The van der Waals surface area contributed by atoms with Gasteiger partial charge in [-0.05, 0) is 31.9 Å². The maximum absolute atomic E-state index is 12.0. The van der Waals surface area contributed by atoms with E-state index in [4.69, 9.17) is 0 Å². The van der Waals surface area contributed by atoms with Gasteiger partial charge in [-0.2, -0.15) is 0 Å². The Kier molecular flexibility index (Phi) is 4.42. The monoisotopic (exact) mass is 271 g/mol. The van der Waals surface area contributed by atoms with Crippen molar-refractivity contribution >= 4 is 10.0 Å². The van der Waals surface area contributed by atoms with Gasteiger partial charge in [-0.1, -0.05) is 12.8 Å². The fourth-order valence-electron chi connectivity index (χ4n) is 1.95. The smallest absolute Gasteiger partial charge is 0.242 e. The van der Waals surface area contributed by atoms with Crippen LogP contribution in [0.5, 0.6) is 0 Å². The molecule has 5 nitrogen and oxygen atoms in total. The molecule has 1 heterocycles. The van der Waals surface area contributed by atoms with E-state index in [9.17, 15) is 8.42 Å². The van der Waals surface area contributed by atoms with Crippen molar-refractivity contribution in [3.63, 3.8) is 0 Å². The Balaban J connectivity index is 1.83. The average molecular weight is 271 g/mol. The van der Waals surface area contributed by atoms with Crippen molar-refractivity contribution in [3.05, 3.63) is 18.0 Å². The lowest BCUT2D eigenvalue weighted by Gasteiger charge is -2.04. The summed E-state index contributed by atoms with van der Waals surface area (Å²) in [6.45, 7) is 1.17. The molecule has 0 spiro atoms. The van der Waals surface area contributed by atoms with Gasteiger partial charge in [0, 0.05) is 25.0 Å². The van der Waals surface area contributed by atoms with Crippen LogP contribution in [0.2, 0.25) is 0 Å². The Morgan fingerprint density at radius 2 is 2.22 bits per heavy atom. The maximum Gasteiger partial charge on any atom is 0.242 e. The van der Waals surface area contributed by atoms with Crippen molar-refractivity contribution in [1.82, 2.24) is 15.0 Å². The molecule has 0 unspecified atom stereocenters. The normalized spacial score (nSPS) is 16.1. The summed E-state index contributed by atoms with van der Waals surface area (Å²) in [7, 11) is -1.52. The second-order valence-electron chi connectivity index (χ2n) is 4.87. The van der Waals surface area contributed by atoms with Crippen LogP contribution in [-0.4, -0.2) is 27.0 Å². The summed E-state index contributed by atoms with van der Waals surface area (Å²) in [6.07, 6.45) is 6.24. The maximum atomic E-state index is 12.0. The lowest BCUT2D eigenvalue weighted by Crippen LogP contribution is -2.24. The van der Waals surface area contributed by atoms with Crippen molar-refractivity contribution in [1.29, 1.82) is 0 Å². The van der Waals surface area contributed by atoms with Crippen LogP contribution in [0.4, 0.5) is 0 Å². The van der Waals surface area contributed by atoms with E-state index in [1.54, 1.807) is 6.07 Å². The molecule has 0 radical (unpaired) electrons. The first kappa shape index (κ1) is 13.6. The van der Waals surface area contributed by atoms with E-state index in [0.29, 0.717) is 18.0 Å². The fourth-order valence-corrected chi connectivity index (χ4v) is 3.04. The fraction of sp³-hybridized carbons (Fsp3) is 0.667. The molecule has 6 heteroatoms. The molecule has 0 aliphatic heterocycles. The van der Waals surface area contributed by atoms with E-state index in [1.807, 2.05) is 7.05 Å². The Morgan fingerprint density at radius 3 is 2.89 bits per heavy atom. The number of aromatic amines is 1. The molecule has 0 amide bonds. The van der Waals surface area contributed by atoms with E-state index in [0.717, 1.165) is 24.5 Å². The Hall–Kier alpha value is -0.850. The third-order valence-electron chi connectivity index (χ3n) is 3.17. The summed E-state index contributed by atoms with van der Waals surface area (Å²) in [6, 6.07) is 1.67. The molecule has 0 saturated heterocycles. The molecule has 2 rings (SSSR count). The Morgan fingerprint density at radius 1 is 1.44 bits per heavy atom. The van der Waals surface area contributed by atoms with Crippen LogP contribution in [-0.2, 0) is 16.6 Å². The topological polar surface area (TPSA) is 74.0 Å². The predicted octanol–water partition coefficient (Wildman–Crippen LogP) is 1.20. The number of rotatable bonds is 8. The van der Waals surface area contributed by atoms with Crippen molar-refractivity contribution in [2.75, 3.05) is 13.6 Å². The van der Waals surface area contributed by atoms with E-state index >= 15 is 0 Å². The van der Waals surface area contributed by atoms with Gasteiger partial charge < -0.3 is 10.3 Å². The van der Waals surface area contributed by atoms with Gasteiger partial charge in [0.2, 0.25) is 10.0 Å². The van der Waals surface area contributed by atoms with Gasteiger partial charge in [0.1, 0.15) is 0 Å². The number of hydrogen-bond acceptors (Lipinski definition) is 3. The van der Waals surface area contributed by atoms with Gasteiger partial charge in [-0.3, -0.25) is 0 Å². The highest BCUT2D eigenvalue weighted by molar-refractivity contribution is 7.89. The van der Waals surface area contributed by atoms with Crippen molar-refractivity contribution in [3.8, 4) is 0 Å². The average Bonchev–Trinajstić information content (AvgIpc) is 3.03. The minimum Gasteiger partial charge on any atom is -0.363 e. The van der Waals surface area contributed by atoms with Crippen LogP contribution < -0.4 is 10.0 Å². The molecule has 0 aromatic carbocycles. The highest BCUT2D eigenvalue weighted by Gasteiger charge is 2.21. The van der Waals surface area contributed by atoms with E-state index < -0.39 is 10.0 Å². The summed E-state index contributed by atoms with van der Waals surface area (Å²) >= 11 is 0. The molecule has 1 fully saturated rings. The molecule has 18 heavy (non-hydrogen) atoms. The number of H-pyrrole nitrogens is 1. The molecular formula is C12H21N3O2S. The molecule has 1 saturated carbocycles. The second-order valence-corrected chi connectivity index (χ2v) is 6.64. The molecule has 1 aliphatic carbocycles. The predicted molar refractivity (Wildman–Crippen MR) is 70.7 cm³/mol. The minimum absolute atomic E-state index is 0.319. The summed E-state index contributed by atoms with van der Waals surface area (Å²) in [4.78, 5) is 3.27. The Labute approximate surface area is 108 Å². The van der Waals surface area contributed by atoms with Crippen LogP contribution in [0.15, 0.2) is 17.2 Å². The molecule has 102 valence electrons. The standard InChI is InChI=1S/C12H21N3O2S/c1-13-8-11-7-12(9-14-11)18(16,17)15-6-2-3-10-4-5-10/h7,9-10,13-15H,2-6,8H2,1H3. The number of sulfonamides is 1. The largest absolute Gasteiger partial charge is 0.363 e. The number of hydrogen-bond donors (Lipinski definition) is 3. The summed E-state index contributed by atoms with van der Waals surface area (Å²) < 4.78 is 26.6. The molecule has 0 atom stereocenters. The van der Waals surface area contributed by atoms with Gasteiger partial charge in [-0.15, -0.1) is 0 Å². The highest BCUT2D eigenvalue weighted by atomic mass is 32.2. The van der Waals surface area contributed by atoms with Gasteiger partial charge in [0.15, 0.2) is 0 Å². The van der Waals surface area contributed by atoms with Crippen molar-refractivity contribution in [2.24, 2.45) is 5.92 Å². The van der Waals surface area contributed by atoms with Crippen LogP contribution in [0.3, 0.4) is 0 Å². The molecule has 1 aromatic rings. The lowest BCUT2D eigenvalue weighted by molar-refractivity contribution is 0.572. The lowest BCUT2D eigenvalue weighted by atomic mass is 10.2. The van der Waals surface area contributed by atoms with Crippen LogP contribution in [0.25, 0.3) is 0 Å². The van der Waals surface area contributed by atoms with E-state index in [2.05, 4.69) is 15.0 Å². The summed E-state index contributed by atoms with van der Waals surface area (Å²) in [5.41, 5.74) is 0.871. The zero-order valence-corrected chi connectivity index (χ0v) is 11.5. The van der Waals surface area contributed by atoms with Crippen molar-refractivity contribution in [2.45, 2.75) is 37.1 Å². The Bertz CT molecular complexity index is 477. The van der Waals surface area contributed by atoms with Gasteiger partial charge >= 0.3 is 0 Å². The SMILES string of the molecule is CNCc1cc(S(=O)(=O)NCCCC2CC2)c[nH]1. The zero-order valence-electron chi connectivity index (χ0n) is 10.7. The van der Waals surface area contributed by atoms with Crippen LogP contribution in [0.1, 0.15) is 31.4 Å². The summed E-state index contributed by atoms with van der Waals surface area (Å²) in [5.74, 6) is 0.851. The highest BCUT2D eigenvalue weighted by Crippen LogP contribution is 2.33. The molecular weight excluding hydrogens is 250 g/mol. The van der Waals surface area contributed by atoms with Gasteiger partial charge in [0.25, 0.3) is 0 Å². The second kappa shape index (κ2) is 5.86. The molecule has 1 aromatic heterocycles. The third-order valence-corrected chi connectivity index (χ3v) is 4.61. The van der Waals surface area contributed by atoms with Crippen molar-refractivity contribution < 1.29 is 8.42 Å². The summed E-state index contributed by atoms with van der Waals surface area (Å²) in [5, 5.41) is 2.97. The molecule has 1 aliphatic rings. The third kappa shape index (κ3) is 3.83. The molecule has 0 bridgehead atoms. The van der Waals surface area contributed by atoms with Gasteiger partial charge in [-0.25, -0.2) is 13.1 Å².